The van der Waals surface area contributed by atoms with Crippen molar-refractivity contribution in [1.29, 1.82) is 0 Å². The van der Waals surface area contributed by atoms with Crippen LogP contribution in [-0.4, -0.2) is 22.6 Å². The zero-order chi connectivity index (χ0) is 10.4. The molecule has 0 saturated heterocycles. The van der Waals surface area contributed by atoms with Crippen LogP contribution in [0.25, 0.3) is 0 Å². The van der Waals surface area contributed by atoms with Crippen molar-refractivity contribution < 1.29 is 9.90 Å². The molecule has 0 unspecified atom stereocenters. The van der Waals surface area contributed by atoms with Crippen molar-refractivity contribution in [2.45, 2.75) is 19.4 Å². The molecule has 76 valence electrons. The van der Waals surface area contributed by atoms with Crippen LogP contribution in [0.5, 0.6) is 0 Å². The van der Waals surface area contributed by atoms with E-state index in [0.29, 0.717) is 6.42 Å². The minimum Gasteiger partial charge on any atom is -0.396 e. The molecule has 1 heterocycles. The lowest BCUT2D eigenvalue weighted by Gasteiger charge is -2.15. The van der Waals surface area contributed by atoms with Crippen LogP contribution in [0, 0.1) is 0 Å². The molecule has 0 radical (unpaired) electrons. The van der Waals surface area contributed by atoms with Crippen molar-refractivity contribution in [3.05, 3.63) is 30.1 Å². The van der Waals surface area contributed by atoms with Gasteiger partial charge in [-0.05, 0) is 18.6 Å². The number of hydrogen-bond acceptors (Lipinski definition) is 3. The molecule has 1 atom stereocenters. The highest BCUT2D eigenvalue weighted by atomic mass is 16.3. The van der Waals surface area contributed by atoms with Crippen LogP contribution in [0.1, 0.15) is 25.1 Å². The maximum absolute atomic E-state index is 10.9. The molecule has 0 spiro atoms. The number of pyridine rings is 1. The highest BCUT2D eigenvalue weighted by molar-refractivity contribution is 5.73. The zero-order valence-electron chi connectivity index (χ0n) is 8.10. The second kappa shape index (κ2) is 5.34. The average Bonchev–Trinajstić information content (AvgIpc) is 2.18. The summed E-state index contributed by atoms with van der Waals surface area (Å²) < 4.78 is 0. The van der Waals surface area contributed by atoms with E-state index < -0.39 is 0 Å². The Kier molecular flexibility index (Phi) is 4.07. The molecule has 0 aromatic carbocycles. The summed E-state index contributed by atoms with van der Waals surface area (Å²) in [5, 5.41) is 11.6. The van der Waals surface area contributed by atoms with Gasteiger partial charge < -0.3 is 10.4 Å². The minimum atomic E-state index is -0.196. The monoisotopic (exact) mass is 194 g/mol. The summed E-state index contributed by atoms with van der Waals surface area (Å²) in [6.07, 6.45) is 2.15. The van der Waals surface area contributed by atoms with Crippen LogP contribution < -0.4 is 5.32 Å². The van der Waals surface area contributed by atoms with Crippen LogP contribution in [-0.2, 0) is 4.79 Å². The van der Waals surface area contributed by atoms with Gasteiger partial charge in [0.15, 0.2) is 0 Å². The van der Waals surface area contributed by atoms with E-state index in [2.05, 4.69) is 10.3 Å². The highest BCUT2D eigenvalue weighted by Gasteiger charge is 2.12. The molecular weight excluding hydrogens is 180 g/mol. The number of aliphatic hydroxyl groups excluding tert-OH is 1. The number of nitrogens with one attached hydrogen (secondary N) is 1. The topological polar surface area (TPSA) is 62.2 Å². The van der Waals surface area contributed by atoms with Gasteiger partial charge in [0.2, 0.25) is 5.91 Å². The lowest BCUT2D eigenvalue weighted by Crippen LogP contribution is -2.27. The lowest BCUT2D eigenvalue weighted by atomic mass is 10.1. The summed E-state index contributed by atoms with van der Waals surface area (Å²) in [5.74, 6) is -0.117. The Balaban J connectivity index is 2.72. The van der Waals surface area contributed by atoms with E-state index in [4.69, 9.17) is 5.11 Å². The normalized spacial score (nSPS) is 12.1. The number of aromatic nitrogens is 1. The first kappa shape index (κ1) is 10.7. The van der Waals surface area contributed by atoms with Gasteiger partial charge in [0, 0.05) is 19.7 Å². The molecule has 0 bridgehead atoms. The van der Waals surface area contributed by atoms with Gasteiger partial charge in [-0.2, -0.15) is 0 Å². The van der Waals surface area contributed by atoms with Gasteiger partial charge >= 0.3 is 0 Å². The number of nitrogens with zero attached hydrogens (tertiary/aromatic N) is 1. The zero-order valence-corrected chi connectivity index (χ0v) is 8.10. The largest absolute Gasteiger partial charge is 0.396 e. The summed E-state index contributed by atoms with van der Waals surface area (Å²) in [6.45, 7) is 1.48. The maximum atomic E-state index is 10.9. The Hall–Kier alpha value is -1.42. The SMILES string of the molecule is CC(=O)N[C@H](CCO)c1ccccn1. The molecule has 1 aromatic rings. The van der Waals surface area contributed by atoms with Gasteiger partial charge in [0.1, 0.15) is 0 Å². The molecule has 0 aliphatic carbocycles. The predicted molar refractivity (Wildman–Crippen MR) is 52.5 cm³/mol. The van der Waals surface area contributed by atoms with E-state index in [0.717, 1.165) is 5.69 Å². The number of hydrogen-bond donors (Lipinski definition) is 2. The fourth-order valence-electron chi connectivity index (χ4n) is 1.25. The molecule has 4 heteroatoms. The lowest BCUT2D eigenvalue weighted by molar-refractivity contribution is -0.119. The van der Waals surface area contributed by atoms with Gasteiger partial charge in [-0.3, -0.25) is 9.78 Å². The number of rotatable bonds is 4. The van der Waals surface area contributed by atoms with E-state index in [1.165, 1.54) is 6.92 Å². The number of carbonyl (C=O) groups is 1. The first-order valence-corrected chi connectivity index (χ1v) is 4.53. The quantitative estimate of drug-likeness (QED) is 0.739. The Morgan fingerprint density at radius 2 is 2.43 bits per heavy atom. The Labute approximate surface area is 83.0 Å². The van der Waals surface area contributed by atoms with Crippen LogP contribution >= 0.6 is 0 Å². The van der Waals surface area contributed by atoms with Gasteiger partial charge in [-0.1, -0.05) is 6.07 Å². The molecule has 1 amide bonds. The third-order valence-corrected chi connectivity index (χ3v) is 1.84. The van der Waals surface area contributed by atoms with Gasteiger partial charge in [-0.15, -0.1) is 0 Å². The van der Waals surface area contributed by atoms with Gasteiger partial charge in [-0.25, -0.2) is 0 Å². The second-order valence-corrected chi connectivity index (χ2v) is 3.02. The maximum Gasteiger partial charge on any atom is 0.217 e. The molecule has 1 aromatic heterocycles. The van der Waals surface area contributed by atoms with E-state index >= 15 is 0 Å². The fourth-order valence-corrected chi connectivity index (χ4v) is 1.25. The van der Waals surface area contributed by atoms with Crippen molar-refractivity contribution >= 4 is 5.91 Å². The Bertz CT molecular complexity index is 287. The molecule has 2 N–H and O–H groups in total. The molecule has 0 fully saturated rings. The van der Waals surface area contributed by atoms with Gasteiger partial charge in [0.05, 0.1) is 11.7 Å². The number of amides is 1. The third kappa shape index (κ3) is 3.14. The molecule has 4 nitrogen and oxygen atoms in total. The minimum absolute atomic E-state index is 0.0293. The van der Waals surface area contributed by atoms with Crippen molar-refractivity contribution in [2.75, 3.05) is 6.61 Å². The van der Waals surface area contributed by atoms with Gasteiger partial charge in [0.25, 0.3) is 0 Å². The van der Waals surface area contributed by atoms with E-state index in [-0.39, 0.29) is 18.6 Å². The van der Waals surface area contributed by atoms with Crippen LogP contribution in [0.3, 0.4) is 0 Å². The Morgan fingerprint density at radius 1 is 1.64 bits per heavy atom. The smallest absolute Gasteiger partial charge is 0.217 e. The van der Waals surface area contributed by atoms with Crippen molar-refractivity contribution in [3.8, 4) is 0 Å². The van der Waals surface area contributed by atoms with E-state index in [1.54, 1.807) is 6.20 Å². The Morgan fingerprint density at radius 3 is 2.93 bits per heavy atom. The van der Waals surface area contributed by atoms with Crippen molar-refractivity contribution in [2.24, 2.45) is 0 Å². The number of carbonyl (C=O) groups excluding carboxylic acids is 1. The molecule has 0 saturated carbocycles. The third-order valence-electron chi connectivity index (χ3n) is 1.84. The predicted octanol–water partition coefficient (Wildman–Crippen LogP) is 0.641. The van der Waals surface area contributed by atoms with Crippen LogP contribution in [0.2, 0.25) is 0 Å². The van der Waals surface area contributed by atoms with E-state index in [9.17, 15) is 4.79 Å². The molecule has 14 heavy (non-hydrogen) atoms. The standard InChI is InChI=1S/C10H14N2O2/c1-8(14)12-10(5-7-13)9-4-2-3-6-11-9/h2-4,6,10,13H,5,7H2,1H3,(H,12,14)/t10-/m1/s1. The first-order chi connectivity index (χ1) is 6.74. The highest BCUT2D eigenvalue weighted by Crippen LogP contribution is 2.12. The van der Waals surface area contributed by atoms with Crippen molar-refractivity contribution in [3.63, 3.8) is 0 Å². The molecule has 0 aliphatic rings. The van der Waals surface area contributed by atoms with Crippen molar-refractivity contribution in [1.82, 2.24) is 10.3 Å². The van der Waals surface area contributed by atoms with Crippen LogP contribution in [0.4, 0.5) is 0 Å². The molecule has 1 rings (SSSR count). The molecular formula is C10H14N2O2. The summed E-state index contributed by atoms with van der Waals surface area (Å²) >= 11 is 0. The average molecular weight is 194 g/mol. The first-order valence-electron chi connectivity index (χ1n) is 4.53. The summed E-state index contributed by atoms with van der Waals surface area (Å²) in [4.78, 5) is 15.0. The summed E-state index contributed by atoms with van der Waals surface area (Å²) in [7, 11) is 0. The number of aliphatic hydroxyl groups is 1. The molecule has 0 aliphatic heterocycles. The van der Waals surface area contributed by atoms with E-state index in [1.807, 2.05) is 18.2 Å². The fraction of sp³-hybridized carbons (Fsp3) is 0.400. The van der Waals surface area contributed by atoms with Crippen LogP contribution in [0.15, 0.2) is 24.4 Å². The second-order valence-electron chi connectivity index (χ2n) is 3.02. The summed E-state index contributed by atoms with van der Waals surface area (Å²) in [6, 6.07) is 5.30. The summed E-state index contributed by atoms with van der Waals surface area (Å²) in [5.41, 5.74) is 0.775.